The van der Waals surface area contributed by atoms with Crippen molar-refractivity contribution in [1.82, 2.24) is 9.55 Å². The first-order chi connectivity index (χ1) is 8.99. The van der Waals surface area contributed by atoms with Crippen LogP contribution in [0.4, 0.5) is 5.82 Å². The van der Waals surface area contributed by atoms with Crippen LogP contribution in [0.2, 0.25) is 0 Å². The molecule has 1 N–H and O–H groups in total. The molecule has 0 saturated carbocycles. The minimum atomic E-state index is -0.0419. The van der Waals surface area contributed by atoms with Gasteiger partial charge in [0.2, 0.25) is 0 Å². The SMILES string of the molecule is CCC(CC)(CNc1nccn(C(C)C)c1=O)SC. The maximum atomic E-state index is 12.2. The van der Waals surface area contributed by atoms with Crippen molar-refractivity contribution in [1.29, 1.82) is 0 Å². The second-order valence-electron chi connectivity index (χ2n) is 5.03. The van der Waals surface area contributed by atoms with Crippen LogP contribution in [0.25, 0.3) is 0 Å². The number of nitrogens with zero attached hydrogens (tertiary/aromatic N) is 2. The van der Waals surface area contributed by atoms with Gasteiger partial charge in [0.15, 0.2) is 5.82 Å². The summed E-state index contributed by atoms with van der Waals surface area (Å²) in [5.41, 5.74) is -0.0419. The van der Waals surface area contributed by atoms with Gasteiger partial charge in [0.25, 0.3) is 5.56 Å². The molecule has 0 atom stereocenters. The van der Waals surface area contributed by atoms with Crippen LogP contribution in [-0.4, -0.2) is 27.1 Å². The number of hydrogen-bond acceptors (Lipinski definition) is 4. The number of anilines is 1. The summed E-state index contributed by atoms with van der Waals surface area (Å²) in [6.07, 6.45) is 7.69. The van der Waals surface area contributed by atoms with Gasteiger partial charge < -0.3 is 9.88 Å². The fraction of sp³-hybridized carbons (Fsp3) is 0.714. The van der Waals surface area contributed by atoms with E-state index in [4.69, 9.17) is 0 Å². The Morgan fingerprint density at radius 2 is 2.05 bits per heavy atom. The summed E-state index contributed by atoms with van der Waals surface area (Å²) in [6.45, 7) is 9.13. The van der Waals surface area contributed by atoms with Crippen molar-refractivity contribution >= 4 is 17.6 Å². The molecule has 0 radical (unpaired) electrons. The number of aromatic nitrogens is 2. The predicted octanol–water partition coefficient (Wildman–Crippen LogP) is 3.16. The molecule has 0 bridgehead atoms. The standard InChI is InChI=1S/C14H25N3OS/c1-6-14(7-2,19-5)10-16-12-13(18)17(11(3)4)9-8-15-12/h8-9,11H,6-7,10H2,1-5H3,(H,15,16). The molecule has 1 rings (SSSR count). The number of thioether (sulfide) groups is 1. The van der Waals surface area contributed by atoms with Crippen LogP contribution in [0.5, 0.6) is 0 Å². The number of nitrogens with one attached hydrogen (secondary N) is 1. The first-order valence-electron chi connectivity index (χ1n) is 6.85. The Balaban J connectivity index is 2.89. The maximum absolute atomic E-state index is 12.2. The van der Waals surface area contributed by atoms with Crippen molar-refractivity contribution in [2.75, 3.05) is 18.1 Å². The van der Waals surface area contributed by atoms with Gasteiger partial charge in [0.05, 0.1) is 0 Å². The lowest BCUT2D eigenvalue weighted by molar-refractivity contribution is 0.563. The van der Waals surface area contributed by atoms with Gasteiger partial charge in [-0.3, -0.25) is 4.79 Å². The summed E-state index contributed by atoms with van der Waals surface area (Å²) in [4.78, 5) is 16.4. The lowest BCUT2D eigenvalue weighted by Crippen LogP contribution is -2.35. The molecule has 0 aliphatic rings. The molecule has 0 spiro atoms. The quantitative estimate of drug-likeness (QED) is 0.835. The van der Waals surface area contributed by atoms with E-state index in [1.807, 2.05) is 25.6 Å². The van der Waals surface area contributed by atoms with Gasteiger partial charge in [-0.05, 0) is 32.9 Å². The van der Waals surface area contributed by atoms with Gasteiger partial charge in [0.1, 0.15) is 0 Å². The van der Waals surface area contributed by atoms with Crippen LogP contribution in [0.1, 0.15) is 46.6 Å². The second-order valence-corrected chi connectivity index (χ2v) is 6.30. The van der Waals surface area contributed by atoms with E-state index in [1.54, 1.807) is 17.0 Å². The first-order valence-corrected chi connectivity index (χ1v) is 8.08. The Bertz CT molecular complexity index is 444. The molecule has 1 heterocycles. The van der Waals surface area contributed by atoms with Gasteiger partial charge in [-0.25, -0.2) is 4.98 Å². The third kappa shape index (κ3) is 3.75. The van der Waals surface area contributed by atoms with Crippen molar-refractivity contribution in [3.05, 3.63) is 22.7 Å². The zero-order valence-corrected chi connectivity index (χ0v) is 13.4. The van der Waals surface area contributed by atoms with E-state index in [0.29, 0.717) is 5.82 Å². The van der Waals surface area contributed by atoms with Crippen molar-refractivity contribution in [2.45, 2.75) is 51.3 Å². The van der Waals surface area contributed by atoms with Gasteiger partial charge >= 0.3 is 0 Å². The summed E-state index contributed by atoms with van der Waals surface area (Å²) >= 11 is 1.85. The molecule has 1 aromatic rings. The smallest absolute Gasteiger partial charge is 0.293 e. The van der Waals surface area contributed by atoms with E-state index in [9.17, 15) is 4.79 Å². The molecular weight excluding hydrogens is 258 g/mol. The summed E-state index contributed by atoms with van der Waals surface area (Å²) in [6, 6.07) is 0.152. The topological polar surface area (TPSA) is 46.9 Å². The molecule has 0 unspecified atom stereocenters. The van der Waals surface area contributed by atoms with Gasteiger partial charge in [-0.2, -0.15) is 11.8 Å². The van der Waals surface area contributed by atoms with Crippen LogP contribution >= 0.6 is 11.8 Å². The Hall–Kier alpha value is -0.970. The van der Waals surface area contributed by atoms with Gasteiger partial charge in [-0.1, -0.05) is 13.8 Å². The van der Waals surface area contributed by atoms with E-state index < -0.39 is 0 Å². The first kappa shape index (κ1) is 16.1. The van der Waals surface area contributed by atoms with E-state index in [-0.39, 0.29) is 16.3 Å². The highest BCUT2D eigenvalue weighted by Crippen LogP contribution is 2.30. The van der Waals surface area contributed by atoms with Crippen LogP contribution in [-0.2, 0) is 0 Å². The molecule has 0 saturated heterocycles. The molecular formula is C14H25N3OS. The highest BCUT2D eigenvalue weighted by Gasteiger charge is 2.25. The Morgan fingerprint density at radius 3 is 2.53 bits per heavy atom. The Labute approximate surface area is 120 Å². The average Bonchev–Trinajstić information content (AvgIpc) is 2.42. The minimum Gasteiger partial charge on any atom is -0.364 e. The van der Waals surface area contributed by atoms with Crippen LogP contribution < -0.4 is 10.9 Å². The lowest BCUT2D eigenvalue weighted by Gasteiger charge is -2.30. The van der Waals surface area contributed by atoms with Gasteiger partial charge in [-0.15, -0.1) is 0 Å². The number of hydrogen-bond donors (Lipinski definition) is 1. The van der Waals surface area contributed by atoms with Crippen molar-refractivity contribution < 1.29 is 0 Å². The zero-order chi connectivity index (χ0) is 14.5. The second kappa shape index (κ2) is 6.98. The molecule has 19 heavy (non-hydrogen) atoms. The summed E-state index contributed by atoms with van der Waals surface area (Å²) in [5.74, 6) is 0.455. The monoisotopic (exact) mass is 283 g/mol. The van der Waals surface area contributed by atoms with Gasteiger partial charge in [0, 0.05) is 29.7 Å². The predicted molar refractivity (Wildman–Crippen MR) is 84.2 cm³/mol. The molecule has 5 heteroatoms. The minimum absolute atomic E-state index is 0.0419. The van der Waals surface area contributed by atoms with E-state index in [0.717, 1.165) is 19.4 Å². The van der Waals surface area contributed by atoms with Crippen LogP contribution in [0.3, 0.4) is 0 Å². The Kier molecular flexibility index (Phi) is 5.91. The summed E-state index contributed by atoms with van der Waals surface area (Å²) in [7, 11) is 0. The summed E-state index contributed by atoms with van der Waals surface area (Å²) < 4.78 is 1.88. The molecule has 0 fully saturated rings. The van der Waals surface area contributed by atoms with E-state index >= 15 is 0 Å². The van der Waals surface area contributed by atoms with E-state index in [2.05, 4.69) is 30.4 Å². The van der Waals surface area contributed by atoms with Crippen molar-refractivity contribution in [3.63, 3.8) is 0 Å². The van der Waals surface area contributed by atoms with Crippen LogP contribution in [0, 0.1) is 0 Å². The average molecular weight is 283 g/mol. The van der Waals surface area contributed by atoms with Crippen molar-refractivity contribution in [2.24, 2.45) is 0 Å². The normalized spacial score (nSPS) is 11.9. The largest absolute Gasteiger partial charge is 0.364 e. The molecule has 1 aromatic heterocycles. The zero-order valence-electron chi connectivity index (χ0n) is 12.6. The molecule has 0 aliphatic heterocycles. The molecule has 0 aliphatic carbocycles. The number of rotatable bonds is 7. The van der Waals surface area contributed by atoms with E-state index in [1.165, 1.54) is 0 Å². The third-order valence-corrected chi connectivity index (χ3v) is 5.31. The highest BCUT2D eigenvalue weighted by molar-refractivity contribution is 8.00. The summed E-state index contributed by atoms with van der Waals surface area (Å²) in [5, 5.41) is 3.24. The maximum Gasteiger partial charge on any atom is 0.293 e. The third-order valence-electron chi connectivity index (χ3n) is 3.72. The van der Waals surface area contributed by atoms with Crippen molar-refractivity contribution in [3.8, 4) is 0 Å². The molecule has 0 amide bonds. The van der Waals surface area contributed by atoms with Crippen LogP contribution in [0.15, 0.2) is 17.2 Å². The fourth-order valence-corrected chi connectivity index (χ4v) is 2.85. The lowest BCUT2D eigenvalue weighted by atomic mass is 10.0. The molecule has 0 aromatic carbocycles. The molecule has 4 nitrogen and oxygen atoms in total. The Morgan fingerprint density at radius 1 is 1.42 bits per heavy atom. The highest BCUT2D eigenvalue weighted by atomic mass is 32.2. The fourth-order valence-electron chi connectivity index (χ4n) is 2.06. The molecule has 108 valence electrons.